The molecule has 68 valence electrons. The molecule has 1 aromatic rings. The summed E-state index contributed by atoms with van der Waals surface area (Å²) in [5, 5.41) is 0. The highest BCUT2D eigenvalue weighted by Crippen LogP contribution is 2.08. The first-order chi connectivity index (χ1) is 5.86. The van der Waals surface area contributed by atoms with Gasteiger partial charge in [-0.1, -0.05) is 19.8 Å². The van der Waals surface area contributed by atoms with E-state index in [1.54, 1.807) is 6.26 Å². The summed E-state index contributed by atoms with van der Waals surface area (Å²) < 4.78 is 5.21. The van der Waals surface area contributed by atoms with E-state index in [4.69, 9.17) is 16.0 Å². The van der Waals surface area contributed by atoms with Gasteiger partial charge in [0, 0.05) is 6.42 Å². The van der Waals surface area contributed by atoms with Gasteiger partial charge in [0.2, 0.25) is 0 Å². The van der Waals surface area contributed by atoms with E-state index < -0.39 is 0 Å². The number of unbranched alkanes of at least 4 members (excludes halogenated alkanes) is 2. The lowest BCUT2D eigenvalue weighted by molar-refractivity contribution is 0.482. The fraction of sp³-hybridized carbons (Fsp3) is 0.667. The number of alkyl halides is 1. The molecule has 0 amide bonds. The molecule has 0 saturated heterocycles. The minimum atomic E-state index is 0.442. The predicted octanol–water partition coefficient (Wildman–Crippen LogP) is 3.15. The van der Waals surface area contributed by atoms with Crippen molar-refractivity contribution in [2.24, 2.45) is 0 Å². The molecule has 12 heavy (non-hydrogen) atoms. The van der Waals surface area contributed by atoms with Crippen LogP contribution in [0.3, 0.4) is 0 Å². The van der Waals surface area contributed by atoms with Crippen molar-refractivity contribution in [2.45, 2.75) is 38.5 Å². The van der Waals surface area contributed by atoms with E-state index in [1.165, 1.54) is 12.8 Å². The monoisotopic (exact) mass is 187 g/mol. The van der Waals surface area contributed by atoms with Gasteiger partial charge >= 0.3 is 0 Å². The van der Waals surface area contributed by atoms with E-state index >= 15 is 0 Å². The van der Waals surface area contributed by atoms with E-state index in [2.05, 4.69) is 11.9 Å². The van der Waals surface area contributed by atoms with Crippen molar-refractivity contribution in [1.82, 2.24) is 4.98 Å². The minimum Gasteiger partial charge on any atom is -0.449 e. The van der Waals surface area contributed by atoms with Crippen molar-refractivity contribution in [3.63, 3.8) is 0 Å². The minimum absolute atomic E-state index is 0.442. The second-order valence-electron chi connectivity index (χ2n) is 2.82. The average Bonchev–Trinajstić information content (AvgIpc) is 2.53. The van der Waals surface area contributed by atoms with Crippen molar-refractivity contribution in [3.8, 4) is 0 Å². The summed E-state index contributed by atoms with van der Waals surface area (Å²) in [5.74, 6) is 1.26. The van der Waals surface area contributed by atoms with Crippen LogP contribution in [0.1, 0.15) is 37.8 Å². The van der Waals surface area contributed by atoms with Gasteiger partial charge in [-0.3, -0.25) is 0 Å². The van der Waals surface area contributed by atoms with Crippen molar-refractivity contribution in [3.05, 3.63) is 17.8 Å². The summed E-state index contributed by atoms with van der Waals surface area (Å²) in [7, 11) is 0. The smallest absolute Gasteiger partial charge is 0.194 e. The Morgan fingerprint density at radius 2 is 2.33 bits per heavy atom. The molecule has 0 aromatic carbocycles. The van der Waals surface area contributed by atoms with Gasteiger partial charge in [0.15, 0.2) is 5.89 Å². The Bertz CT molecular complexity index is 222. The quantitative estimate of drug-likeness (QED) is 0.523. The largest absolute Gasteiger partial charge is 0.449 e. The van der Waals surface area contributed by atoms with Gasteiger partial charge in [0.05, 0.1) is 11.6 Å². The molecule has 0 N–H and O–H groups in total. The third-order valence-electron chi connectivity index (χ3n) is 1.73. The number of aromatic nitrogens is 1. The molecule has 0 spiro atoms. The number of hydrogen-bond acceptors (Lipinski definition) is 2. The molecule has 1 rings (SSSR count). The van der Waals surface area contributed by atoms with Crippen LogP contribution in [0.25, 0.3) is 0 Å². The maximum atomic E-state index is 5.58. The summed E-state index contributed by atoms with van der Waals surface area (Å²) >= 11 is 5.58. The second kappa shape index (κ2) is 5.20. The summed E-state index contributed by atoms with van der Waals surface area (Å²) in [4.78, 5) is 4.20. The maximum absolute atomic E-state index is 5.58. The highest BCUT2D eigenvalue weighted by atomic mass is 35.5. The Hall–Kier alpha value is -0.500. The molecule has 1 aromatic heterocycles. The van der Waals surface area contributed by atoms with E-state index in [-0.39, 0.29) is 0 Å². The van der Waals surface area contributed by atoms with E-state index in [9.17, 15) is 0 Å². The van der Waals surface area contributed by atoms with Crippen LogP contribution < -0.4 is 0 Å². The number of hydrogen-bond donors (Lipinski definition) is 0. The number of oxazole rings is 1. The first-order valence-electron chi connectivity index (χ1n) is 4.36. The number of rotatable bonds is 5. The normalized spacial score (nSPS) is 10.5. The third kappa shape index (κ3) is 2.86. The summed E-state index contributed by atoms with van der Waals surface area (Å²) in [6.07, 6.45) is 6.18. The van der Waals surface area contributed by atoms with Crippen LogP contribution in [0, 0.1) is 0 Å². The van der Waals surface area contributed by atoms with Gasteiger partial charge in [-0.25, -0.2) is 4.98 Å². The highest BCUT2D eigenvalue weighted by Gasteiger charge is 2.01. The SMILES string of the molecule is CCCCCc1nc(CCl)co1. The van der Waals surface area contributed by atoms with Crippen molar-refractivity contribution >= 4 is 11.6 Å². The van der Waals surface area contributed by atoms with E-state index in [0.29, 0.717) is 5.88 Å². The van der Waals surface area contributed by atoms with Crippen LogP contribution in [0.4, 0.5) is 0 Å². The van der Waals surface area contributed by atoms with Gasteiger partial charge in [0.1, 0.15) is 6.26 Å². The first-order valence-corrected chi connectivity index (χ1v) is 4.89. The predicted molar refractivity (Wildman–Crippen MR) is 49.3 cm³/mol. The van der Waals surface area contributed by atoms with Crippen molar-refractivity contribution in [2.75, 3.05) is 0 Å². The summed E-state index contributed by atoms with van der Waals surface area (Å²) in [6, 6.07) is 0. The molecule has 0 radical (unpaired) electrons. The van der Waals surface area contributed by atoms with Crippen LogP contribution in [0.5, 0.6) is 0 Å². The fourth-order valence-electron chi connectivity index (χ4n) is 1.05. The van der Waals surface area contributed by atoms with Gasteiger partial charge in [-0.05, 0) is 6.42 Å². The summed E-state index contributed by atoms with van der Waals surface area (Å²) in [6.45, 7) is 2.18. The van der Waals surface area contributed by atoms with Crippen LogP contribution in [0.15, 0.2) is 10.7 Å². The van der Waals surface area contributed by atoms with Gasteiger partial charge in [0.25, 0.3) is 0 Å². The van der Waals surface area contributed by atoms with Crippen molar-refractivity contribution < 1.29 is 4.42 Å². The molecule has 0 saturated carbocycles. The number of halogens is 1. The van der Waals surface area contributed by atoms with Crippen LogP contribution in [-0.4, -0.2) is 4.98 Å². The Balaban J connectivity index is 2.31. The number of nitrogens with zero attached hydrogens (tertiary/aromatic N) is 1. The molecule has 0 unspecified atom stereocenters. The van der Waals surface area contributed by atoms with Gasteiger partial charge in [-0.15, -0.1) is 11.6 Å². The standard InChI is InChI=1S/C9H14ClNO/c1-2-3-4-5-9-11-8(6-10)7-12-9/h7H,2-6H2,1H3. The third-order valence-corrected chi connectivity index (χ3v) is 2.00. The molecule has 0 atom stereocenters. The lowest BCUT2D eigenvalue weighted by atomic mass is 10.2. The Labute approximate surface area is 77.9 Å². The van der Waals surface area contributed by atoms with Crippen LogP contribution in [-0.2, 0) is 12.3 Å². The zero-order valence-electron chi connectivity index (χ0n) is 7.35. The fourth-order valence-corrected chi connectivity index (χ4v) is 1.17. The Morgan fingerprint density at radius 3 is 2.92 bits per heavy atom. The molecular weight excluding hydrogens is 174 g/mol. The molecular formula is C9H14ClNO. The van der Waals surface area contributed by atoms with E-state index in [0.717, 1.165) is 24.4 Å². The molecule has 2 nitrogen and oxygen atoms in total. The topological polar surface area (TPSA) is 26.0 Å². The molecule has 0 aliphatic heterocycles. The van der Waals surface area contributed by atoms with Gasteiger partial charge < -0.3 is 4.42 Å². The molecule has 0 bridgehead atoms. The zero-order valence-corrected chi connectivity index (χ0v) is 8.10. The Kier molecular flexibility index (Phi) is 4.15. The maximum Gasteiger partial charge on any atom is 0.194 e. The van der Waals surface area contributed by atoms with Crippen molar-refractivity contribution in [1.29, 1.82) is 0 Å². The Morgan fingerprint density at radius 1 is 1.50 bits per heavy atom. The lowest BCUT2D eigenvalue weighted by Gasteiger charge is -1.92. The zero-order chi connectivity index (χ0) is 8.81. The molecule has 1 heterocycles. The second-order valence-corrected chi connectivity index (χ2v) is 3.09. The van der Waals surface area contributed by atoms with E-state index in [1.807, 2.05) is 0 Å². The lowest BCUT2D eigenvalue weighted by Crippen LogP contribution is -1.86. The highest BCUT2D eigenvalue weighted by molar-refractivity contribution is 6.16. The molecule has 3 heteroatoms. The van der Waals surface area contributed by atoms with Crippen LogP contribution in [0.2, 0.25) is 0 Å². The van der Waals surface area contributed by atoms with Crippen LogP contribution >= 0.6 is 11.6 Å². The first kappa shape index (κ1) is 9.59. The summed E-state index contributed by atoms with van der Waals surface area (Å²) in [5.41, 5.74) is 0.836. The van der Waals surface area contributed by atoms with Gasteiger partial charge in [-0.2, -0.15) is 0 Å². The molecule has 0 aliphatic rings. The number of aryl methyl sites for hydroxylation is 1. The molecule has 0 fully saturated rings. The average molecular weight is 188 g/mol. The molecule has 0 aliphatic carbocycles.